The van der Waals surface area contributed by atoms with Crippen LogP contribution in [0.3, 0.4) is 0 Å². The number of hydrogen-bond acceptors (Lipinski definition) is 5. The third-order valence-corrected chi connectivity index (χ3v) is 4.32. The molecule has 1 fully saturated rings. The SMILES string of the molecule is CN=C(NCCOCC1CCCO1)N(C)Cc1csc(C)n1.I. The van der Waals surface area contributed by atoms with Crippen LogP contribution < -0.4 is 5.32 Å². The molecule has 23 heavy (non-hydrogen) atoms. The smallest absolute Gasteiger partial charge is 0.193 e. The molecule has 0 spiro atoms. The predicted octanol–water partition coefficient (Wildman–Crippen LogP) is 2.27. The van der Waals surface area contributed by atoms with E-state index in [1.807, 2.05) is 14.0 Å². The molecule has 0 aromatic carbocycles. The number of thiazole rings is 1. The minimum Gasteiger partial charge on any atom is -0.377 e. The van der Waals surface area contributed by atoms with E-state index in [1.54, 1.807) is 18.4 Å². The van der Waals surface area contributed by atoms with Crippen LogP contribution in [0.4, 0.5) is 0 Å². The van der Waals surface area contributed by atoms with Crippen molar-refractivity contribution in [2.45, 2.75) is 32.4 Å². The lowest BCUT2D eigenvalue weighted by Crippen LogP contribution is -2.40. The third kappa shape index (κ3) is 7.32. The van der Waals surface area contributed by atoms with Gasteiger partial charge in [-0.05, 0) is 19.8 Å². The summed E-state index contributed by atoms with van der Waals surface area (Å²) in [5.41, 5.74) is 1.07. The maximum Gasteiger partial charge on any atom is 0.193 e. The minimum atomic E-state index is 0. The first kappa shape index (κ1) is 20.6. The topological polar surface area (TPSA) is 59.0 Å². The normalized spacial score (nSPS) is 17.9. The number of nitrogens with one attached hydrogen (secondary N) is 1. The summed E-state index contributed by atoms with van der Waals surface area (Å²) in [5.74, 6) is 0.853. The van der Waals surface area contributed by atoms with E-state index in [2.05, 4.69) is 25.6 Å². The molecule has 1 saturated heterocycles. The van der Waals surface area contributed by atoms with Crippen LogP contribution in [0.1, 0.15) is 23.5 Å². The molecule has 0 bridgehead atoms. The molecule has 1 aromatic heterocycles. The van der Waals surface area contributed by atoms with Gasteiger partial charge in [0.15, 0.2) is 5.96 Å². The number of ether oxygens (including phenoxy) is 2. The lowest BCUT2D eigenvalue weighted by atomic mass is 10.2. The Bertz CT molecular complexity index is 478. The lowest BCUT2D eigenvalue weighted by Gasteiger charge is -2.21. The number of nitrogens with zero attached hydrogens (tertiary/aromatic N) is 3. The number of rotatable bonds is 7. The average molecular weight is 454 g/mol. The van der Waals surface area contributed by atoms with E-state index in [1.165, 1.54) is 0 Å². The van der Waals surface area contributed by atoms with Crippen molar-refractivity contribution in [2.75, 3.05) is 40.5 Å². The van der Waals surface area contributed by atoms with Crippen molar-refractivity contribution in [2.24, 2.45) is 4.99 Å². The molecule has 1 N–H and O–H groups in total. The first-order chi connectivity index (χ1) is 10.7. The molecule has 1 aliphatic rings. The van der Waals surface area contributed by atoms with Crippen LogP contribution in [0.25, 0.3) is 0 Å². The second-order valence-electron chi connectivity index (χ2n) is 5.40. The third-order valence-electron chi connectivity index (χ3n) is 3.50. The first-order valence-electron chi connectivity index (χ1n) is 7.71. The molecule has 0 aliphatic carbocycles. The highest BCUT2D eigenvalue weighted by atomic mass is 127. The molecule has 2 rings (SSSR count). The highest BCUT2D eigenvalue weighted by molar-refractivity contribution is 14.0. The molecular formula is C15H27IN4O2S. The monoisotopic (exact) mass is 454 g/mol. The van der Waals surface area contributed by atoms with Crippen molar-refractivity contribution in [3.8, 4) is 0 Å². The molecule has 0 amide bonds. The fraction of sp³-hybridized carbons (Fsp3) is 0.733. The average Bonchev–Trinajstić information content (AvgIpc) is 3.14. The second kappa shape index (κ2) is 11.2. The Labute approximate surface area is 159 Å². The van der Waals surface area contributed by atoms with Crippen LogP contribution in [-0.4, -0.2) is 62.4 Å². The first-order valence-corrected chi connectivity index (χ1v) is 8.59. The Morgan fingerprint density at radius 2 is 2.43 bits per heavy atom. The molecule has 1 atom stereocenters. The van der Waals surface area contributed by atoms with Crippen molar-refractivity contribution in [1.29, 1.82) is 0 Å². The molecule has 8 heteroatoms. The number of hydrogen-bond donors (Lipinski definition) is 1. The molecule has 132 valence electrons. The number of aryl methyl sites for hydroxylation is 1. The van der Waals surface area contributed by atoms with Crippen molar-refractivity contribution in [3.63, 3.8) is 0 Å². The standard InChI is InChI=1S/C15H26N4O2S.HI/c1-12-18-13(11-22-12)9-19(3)15(16-2)17-6-8-20-10-14-5-4-7-21-14;/h11,14H,4-10H2,1-3H3,(H,16,17);1H. The van der Waals surface area contributed by atoms with E-state index in [0.29, 0.717) is 13.2 Å². The minimum absolute atomic E-state index is 0. The zero-order valence-electron chi connectivity index (χ0n) is 14.1. The highest BCUT2D eigenvalue weighted by Gasteiger charge is 2.15. The van der Waals surface area contributed by atoms with Gasteiger partial charge in [0.1, 0.15) is 0 Å². The fourth-order valence-corrected chi connectivity index (χ4v) is 3.01. The summed E-state index contributed by atoms with van der Waals surface area (Å²) in [4.78, 5) is 10.8. The molecule has 0 saturated carbocycles. The fourth-order valence-electron chi connectivity index (χ4n) is 2.41. The largest absolute Gasteiger partial charge is 0.377 e. The summed E-state index contributed by atoms with van der Waals surface area (Å²) < 4.78 is 11.2. The van der Waals surface area contributed by atoms with Crippen molar-refractivity contribution >= 4 is 41.3 Å². The summed E-state index contributed by atoms with van der Waals surface area (Å²) in [6.07, 6.45) is 2.56. The van der Waals surface area contributed by atoms with Crippen LogP contribution in [0.5, 0.6) is 0 Å². The van der Waals surface area contributed by atoms with Gasteiger partial charge in [-0.3, -0.25) is 4.99 Å². The Kier molecular flexibility index (Phi) is 10.00. The Balaban J connectivity index is 0.00000264. The lowest BCUT2D eigenvalue weighted by molar-refractivity contribution is 0.0190. The van der Waals surface area contributed by atoms with Crippen molar-refractivity contribution in [1.82, 2.24) is 15.2 Å². The van der Waals surface area contributed by atoms with Crippen LogP contribution in [0.15, 0.2) is 10.4 Å². The van der Waals surface area contributed by atoms with Crippen molar-refractivity contribution in [3.05, 3.63) is 16.1 Å². The van der Waals surface area contributed by atoms with E-state index in [4.69, 9.17) is 9.47 Å². The number of guanidine groups is 1. The summed E-state index contributed by atoms with van der Waals surface area (Å²) in [7, 11) is 3.80. The van der Waals surface area contributed by atoms with E-state index >= 15 is 0 Å². The summed E-state index contributed by atoms with van der Waals surface area (Å²) in [6, 6.07) is 0. The van der Waals surface area contributed by atoms with Gasteiger partial charge in [-0.25, -0.2) is 4.98 Å². The summed E-state index contributed by atoms with van der Waals surface area (Å²) in [6.45, 7) is 5.73. The zero-order chi connectivity index (χ0) is 15.8. The Morgan fingerprint density at radius 3 is 3.04 bits per heavy atom. The summed E-state index contributed by atoms with van der Waals surface area (Å²) >= 11 is 1.67. The number of aliphatic imine (C=N–C) groups is 1. The quantitative estimate of drug-likeness (QED) is 0.297. The highest BCUT2D eigenvalue weighted by Crippen LogP contribution is 2.11. The van der Waals surface area contributed by atoms with E-state index in [9.17, 15) is 0 Å². The summed E-state index contributed by atoms with van der Waals surface area (Å²) in [5, 5.41) is 6.49. The molecule has 6 nitrogen and oxygen atoms in total. The molecule has 1 aliphatic heterocycles. The van der Waals surface area contributed by atoms with Gasteiger partial charge in [0.05, 0.1) is 36.6 Å². The second-order valence-corrected chi connectivity index (χ2v) is 6.46. The Morgan fingerprint density at radius 1 is 1.61 bits per heavy atom. The Hall–Kier alpha value is -0.450. The van der Waals surface area contributed by atoms with E-state index in [-0.39, 0.29) is 30.1 Å². The van der Waals surface area contributed by atoms with Crippen LogP contribution in [0, 0.1) is 6.92 Å². The van der Waals surface area contributed by atoms with Gasteiger partial charge in [-0.2, -0.15) is 0 Å². The van der Waals surface area contributed by atoms with Crippen LogP contribution in [-0.2, 0) is 16.0 Å². The van der Waals surface area contributed by atoms with Crippen LogP contribution >= 0.6 is 35.3 Å². The molecule has 1 unspecified atom stereocenters. The van der Waals surface area contributed by atoms with Crippen molar-refractivity contribution < 1.29 is 9.47 Å². The van der Waals surface area contributed by atoms with Gasteiger partial charge in [-0.15, -0.1) is 35.3 Å². The van der Waals surface area contributed by atoms with Gasteiger partial charge in [0.25, 0.3) is 0 Å². The van der Waals surface area contributed by atoms with Crippen LogP contribution in [0.2, 0.25) is 0 Å². The molecule has 1 aromatic rings. The number of aromatic nitrogens is 1. The molecule has 0 radical (unpaired) electrons. The molecule has 2 heterocycles. The van der Waals surface area contributed by atoms with Gasteiger partial charge in [0, 0.05) is 32.6 Å². The van der Waals surface area contributed by atoms with Gasteiger partial charge in [-0.1, -0.05) is 0 Å². The van der Waals surface area contributed by atoms with Gasteiger partial charge < -0.3 is 19.7 Å². The van der Waals surface area contributed by atoms with Gasteiger partial charge >= 0.3 is 0 Å². The zero-order valence-corrected chi connectivity index (χ0v) is 17.2. The maximum atomic E-state index is 5.64. The maximum absolute atomic E-state index is 5.64. The number of halogens is 1. The predicted molar refractivity (Wildman–Crippen MR) is 105 cm³/mol. The molecular weight excluding hydrogens is 427 g/mol. The van der Waals surface area contributed by atoms with Gasteiger partial charge in [0.2, 0.25) is 0 Å². The van der Waals surface area contributed by atoms with E-state index < -0.39 is 0 Å². The van der Waals surface area contributed by atoms with E-state index in [0.717, 1.165) is 49.2 Å².